The number of benzene rings is 1. The molecule has 0 aliphatic heterocycles. The second-order valence-corrected chi connectivity index (χ2v) is 6.73. The number of rotatable bonds is 3. The molecule has 0 saturated carbocycles. The van der Waals surface area contributed by atoms with Crippen LogP contribution in [0.5, 0.6) is 0 Å². The zero-order valence-corrected chi connectivity index (χ0v) is 14.8. The highest BCUT2D eigenvalue weighted by atomic mass is 32.2. The molecule has 1 aromatic carbocycles. The number of nitrogens with zero attached hydrogens (tertiary/aromatic N) is 4. The Balaban J connectivity index is 1.71. The molecule has 0 spiro atoms. The van der Waals surface area contributed by atoms with Gasteiger partial charge in [-0.3, -0.25) is 18.7 Å². The Morgan fingerprint density at radius 2 is 1.81 bits per heavy atom. The Labute approximate surface area is 149 Å². The minimum absolute atomic E-state index is 0.248. The molecule has 0 saturated heterocycles. The van der Waals surface area contributed by atoms with Crippen LogP contribution in [0.3, 0.4) is 0 Å². The van der Waals surface area contributed by atoms with E-state index in [4.69, 9.17) is 0 Å². The summed E-state index contributed by atoms with van der Waals surface area (Å²) in [6.45, 7) is 0. The Kier molecular flexibility index (Phi) is 3.76. The largest absolute Gasteiger partial charge is 0.332 e. The summed E-state index contributed by atoms with van der Waals surface area (Å²) in [6.07, 6.45) is 0. The van der Waals surface area contributed by atoms with Crippen molar-refractivity contribution in [3.8, 4) is 0 Å². The van der Waals surface area contributed by atoms with Gasteiger partial charge in [-0.05, 0) is 12.1 Å². The van der Waals surface area contributed by atoms with Crippen molar-refractivity contribution in [1.29, 1.82) is 0 Å². The molecule has 2 N–H and O–H groups in total. The third-order valence-corrected chi connectivity index (χ3v) is 4.97. The third-order valence-electron chi connectivity index (χ3n) is 4.09. The van der Waals surface area contributed by atoms with Crippen molar-refractivity contribution in [2.75, 3.05) is 0 Å². The first-order chi connectivity index (χ1) is 12.5. The smallest absolute Gasteiger partial charge is 0.327 e. The zero-order chi connectivity index (χ0) is 18.4. The van der Waals surface area contributed by atoms with Crippen LogP contribution in [-0.2, 0) is 19.8 Å². The summed E-state index contributed by atoms with van der Waals surface area (Å²) in [5.74, 6) is 0.272. The normalized spacial score (nSPS) is 11.5. The number of hydrogen-bond donors (Lipinski definition) is 2. The molecule has 4 aromatic rings. The summed E-state index contributed by atoms with van der Waals surface area (Å²) in [7, 11) is 2.96. The van der Waals surface area contributed by atoms with E-state index in [0.717, 1.165) is 4.57 Å². The summed E-state index contributed by atoms with van der Waals surface area (Å²) in [6, 6.07) is 7.28. The molecule has 26 heavy (non-hydrogen) atoms. The summed E-state index contributed by atoms with van der Waals surface area (Å²) < 4.78 is 2.32. The predicted molar refractivity (Wildman–Crippen MR) is 98.5 cm³/mol. The lowest BCUT2D eigenvalue weighted by Crippen LogP contribution is -2.36. The number of aryl methyl sites for hydroxylation is 1. The van der Waals surface area contributed by atoms with Crippen LogP contribution >= 0.6 is 11.8 Å². The van der Waals surface area contributed by atoms with Gasteiger partial charge in [-0.2, -0.15) is 0 Å². The molecule has 4 rings (SSSR count). The van der Waals surface area contributed by atoms with Crippen molar-refractivity contribution in [2.45, 2.75) is 10.9 Å². The quantitative estimate of drug-likeness (QED) is 0.507. The molecular formula is C16H14N6O3S. The van der Waals surface area contributed by atoms with Gasteiger partial charge in [0.2, 0.25) is 0 Å². The van der Waals surface area contributed by atoms with Gasteiger partial charge in [0.1, 0.15) is 5.69 Å². The fraction of sp³-hybridized carbons (Fsp3) is 0.188. The minimum Gasteiger partial charge on any atom is -0.327 e. The number of aromatic nitrogens is 6. The van der Waals surface area contributed by atoms with Crippen LogP contribution in [0.25, 0.3) is 22.2 Å². The number of fused-ring (bicyclic) bond motifs is 2. The maximum Gasteiger partial charge on any atom is 0.332 e. The summed E-state index contributed by atoms with van der Waals surface area (Å²) >= 11 is 1.24. The van der Waals surface area contributed by atoms with Crippen molar-refractivity contribution in [3.05, 3.63) is 61.2 Å². The molecule has 9 nitrogen and oxygen atoms in total. The molecule has 0 radical (unpaired) electrons. The van der Waals surface area contributed by atoms with E-state index in [1.807, 2.05) is 18.2 Å². The Bertz CT molecular complexity index is 1330. The van der Waals surface area contributed by atoms with Crippen LogP contribution in [0.15, 0.2) is 43.8 Å². The lowest BCUT2D eigenvalue weighted by molar-refractivity contribution is 0.708. The number of aromatic amines is 2. The van der Waals surface area contributed by atoms with Gasteiger partial charge >= 0.3 is 5.69 Å². The van der Waals surface area contributed by atoms with Crippen LogP contribution in [0.1, 0.15) is 5.69 Å². The molecular weight excluding hydrogens is 356 g/mol. The van der Waals surface area contributed by atoms with Gasteiger partial charge in [-0.25, -0.2) is 14.8 Å². The van der Waals surface area contributed by atoms with E-state index in [9.17, 15) is 14.4 Å². The number of H-pyrrole nitrogens is 2. The van der Waals surface area contributed by atoms with Crippen molar-refractivity contribution < 1.29 is 0 Å². The molecule has 10 heteroatoms. The van der Waals surface area contributed by atoms with Gasteiger partial charge in [-0.15, -0.1) is 0 Å². The fourth-order valence-corrected chi connectivity index (χ4v) is 3.47. The van der Waals surface area contributed by atoms with Crippen molar-refractivity contribution >= 4 is 34.0 Å². The molecule has 3 heterocycles. The number of thioether (sulfide) groups is 1. The molecule has 0 atom stereocenters. The molecule has 0 amide bonds. The summed E-state index contributed by atoms with van der Waals surface area (Å²) in [5.41, 5.74) is 1.10. The number of para-hydroxylation sites is 2. The summed E-state index contributed by atoms with van der Waals surface area (Å²) in [4.78, 5) is 50.7. The van der Waals surface area contributed by atoms with E-state index in [2.05, 4.69) is 19.9 Å². The van der Waals surface area contributed by atoms with E-state index < -0.39 is 11.2 Å². The average molecular weight is 370 g/mol. The molecule has 0 aliphatic carbocycles. The van der Waals surface area contributed by atoms with Gasteiger partial charge in [0.15, 0.2) is 16.3 Å². The average Bonchev–Trinajstić information content (AvgIpc) is 3.07. The van der Waals surface area contributed by atoms with Gasteiger partial charge < -0.3 is 9.97 Å². The van der Waals surface area contributed by atoms with Crippen molar-refractivity contribution in [2.24, 2.45) is 14.1 Å². The predicted octanol–water partition coefficient (Wildman–Crippen LogP) is 0.489. The monoisotopic (exact) mass is 370 g/mol. The van der Waals surface area contributed by atoms with E-state index in [-0.39, 0.29) is 22.5 Å². The number of hydrogen-bond acceptors (Lipinski definition) is 6. The van der Waals surface area contributed by atoms with E-state index >= 15 is 0 Å². The van der Waals surface area contributed by atoms with Gasteiger partial charge in [0, 0.05) is 19.8 Å². The number of imidazole rings is 1. The molecule has 3 aromatic heterocycles. The second kappa shape index (κ2) is 5.99. The molecule has 0 aliphatic rings. The zero-order valence-electron chi connectivity index (χ0n) is 13.9. The Morgan fingerprint density at radius 1 is 1.04 bits per heavy atom. The fourth-order valence-electron chi connectivity index (χ4n) is 2.68. The highest BCUT2D eigenvalue weighted by Crippen LogP contribution is 2.20. The molecule has 132 valence electrons. The van der Waals surface area contributed by atoms with E-state index in [0.29, 0.717) is 21.9 Å². The maximum atomic E-state index is 12.2. The first-order valence-electron chi connectivity index (χ1n) is 7.72. The highest BCUT2D eigenvalue weighted by Gasteiger charge is 2.14. The van der Waals surface area contributed by atoms with Crippen molar-refractivity contribution in [1.82, 2.24) is 29.1 Å². The Hall–Kier alpha value is -3.14. The molecule has 0 fully saturated rings. The van der Waals surface area contributed by atoms with Gasteiger partial charge in [-0.1, -0.05) is 23.9 Å². The maximum absolute atomic E-state index is 12.2. The minimum atomic E-state index is -0.446. The number of nitrogens with one attached hydrogen (secondary N) is 2. The van der Waals surface area contributed by atoms with Gasteiger partial charge in [0.05, 0.1) is 11.0 Å². The van der Waals surface area contributed by atoms with E-state index in [1.54, 1.807) is 13.1 Å². The molecule has 0 unspecified atom stereocenters. The highest BCUT2D eigenvalue weighted by molar-refractivity contribution is 7.98. The van der Waals surface area contributed by atoms with Crippen LogP contribution in [0, 0.1) is 0 Å². The SMILES string of the molecule is Cn1c(=O)c2[nH]c(SCc3nc4ccccc4[nH]c3=O)nc2n(C)c1=O. The lowest BCUT2D eigenvalue weighted by atomic mass is 10.3. The van der Waals surface area contributed by atoms with Crippen LogP contribution < -0.4 is 16.8 Å². The first-order valence-corrected chi connectivity index (χ1v) is 8.70. The first kappa shape index (κ1) is 16.3. The topological polar surface area (TPSA) is 118 Å². The van der Waals surface area contributed by atoms with Crippen LogP contribution in [-0.4, -0.2) is 29.1 Å². The lowest BCUT2D eigenvalue weighted by Gasteiger charge is -2.01. The van der Waals surface area contributed by atoms with E-state index in [1.165, 1.54) is 23.4 Å². The van der Waals surface area contributed by atoms with Crippen LogP contribution in [0.4, 0.5) is 0 Å². The second-order valence-electron chi connectivity index (χ2n) is 5.76. The summed E-state index contributed by atoms with van der Waals surface area (Å²) in [5, 5.41) is 0.438. The van der Waals surface area contributed by atoms with Crippen molar-refractivity contribution in [3.63, 3.8) is 0 Å². The third kappa shape index (κ3) is 2.54. The van der Waals surface area contributed by atoms with Gasteiger partial charge in [0.25, 0.3) is 11.1 Å². The standard InChI is InChI=1S/C16H14N6O3S/c1-21-12-11(14(24)22(2)16(21)25)19-15(20-12)26-7-10-13(23)18-9-6-4-3-5-8(9)17-10/h3-6H,7H2,1-2H3,(H,18,23)(H,19,20). The van der Waals surface area contributed by atoms with Crippen LogP contribution in [0.2, 0.25) is 0 Å². The Morgan fingerprint density at radius 3 is 2.62 bits per heavy atom. The molecule has 0 bridgehead atoms.